The summed E-state index contributed by atoms with van der Waals surface area (Å²) in [6, 6.07) is 2.63. The van der Waals surface area contributed by atoms with Crippen molar-refractivity contribution in [3.05, 3.63) is 29.8 Å². The van der Waals surface area contributed by atoms with E-state index in [1.54, 1.807) is 0 Å². The number of carbonyl (C=O) groups is 1. The van der Waals surface area contributed by atoms with Crippen LogP contribution in [0.5, 0.6) is 0 Å². The number of nitrogens with zero attached hydrogens (tertiary/aromatic N) is 1. The van der Waals surface area contributed by atoms with E-state index in [-0.39, 0.29) is 17.0 Å². The quantitative estimate of drug-likeness (QED) is 0.873. The van der Waals surface area contributed by atoms with Gasteiger partial charge in [-0.05, 0) is 36.9 Å². The number of pyridine rings is 1. The van der Waals surface area contributed by atoms with Crippen molar-refractivity contribution in [3.63, 3.8) is 0 Å². The van der Waals surface area contributed by atoms with Gasteiger partial charge in [-0.15, -0.1) is 0 Å². The first-order valence-electron chi connectivity index (χ1n) is 6.75. The molecule has 0 saturated heterocycles. The van der Waals surface area contributed by atoms with E-state index >= 15 is 0 Å². The topological polar surface area (TPSA) is 68.0 Å². The predicted molar refractivity (Wildman–Crippen MR) is 71.1 cm³/mol. The SMILES string of the molecule is NCC1(CNC(=O)c2ccc(F)cn2)CCCCC1. The molecular formula is C14H20FN3O. The van der Waals surface area contributed by atoms with Crippen LogP contribution in [0.25, 0.3) is 0 Å². The summed E-state index contributed by atoms with van der Waals surface area (Å²) < 4.78 is 12.7. The van der Waals surface area contributed by atoms with Crippen molar-refractivity contribution >= 4 is 5.91 Å². The molecular weight excluding hydrogens is 245 g/mol. The third-order valence-electron chi connectivity index (χ3n) is 3.93. The molecule has 1 aromatic heterocycles. The molecule has 1 aromatic rings. The van der Waals surface area contributed by atoms with Crippen LogP contribution in [0, 0.1) is 11.2 Å². The number of hydrogen-bond donors (Lipinski definition) is 2. The zero-order valence-electron chi connectivity index (χ0n) is 11.0. The molecule has 2 rings (SSSR count). The number of aromatic nitrogens is 1. The van der Waals surface area contributed by atoms with E-state index in [9.17, 15) is 9.18 Å². The fourth-order valence-electron chi connectivity index (χ4n) is 2.62. The van der Waals surface area contributed by atoms with Crippen LogP contribution >= 0.6 is 0 Å². The average Bonchev–Trinajstić information content (AvgIpc) is 2.46. The van der Waals surface area contributed by atoms with Gasteiger partial charge in [0.2, 0.25) is 0 Å². The summed E-state index contributed by atoms with van der Waals surface area (Å²) in [5.41, 5.74) is 6.13. The molecule has 1 aliphatic carbocycles. The molecule has 1 heterocycles. The van der Waals surface area contributed by atoms with Gasteiger partial charge >= 0.3 is 0 Å². The first-order chi connectivity index (χ1) is 9.15. The number of nitrogens with one attached hydrogen (secondary N) is 1. The Hall–Kier alpha value is -1.49. The minimum atomic E-state index is -0.442. The van der Waals surface area contributed by atoms with Gasteiger partial charge in [-0.1, -0.05) is 19.3 Å². The number of nitrogens with two attached hydrogens (primary N) is 1. The van der Waals surface area contributed by atoms with Gasteiger partial charge < -0.3 is 11.1 Å². The molecule has 0 radical (unpaired) electrons. The molecule has 1 amide bonds. The van der Waals surface area contributed by atoms with Crippen LogP contribution in [-0.4, -0.2) is 24.0 Å². The molecule has 104 valence electrons. The van der Waals surface area contributed by atoms with E-state index in [2.05, 4.69) is 10.3 Å². The monoisotopic (exact) mass is 265 g/mol. The fourth-order valence-corrected chi connectivity index (χ4v) is 2.62. The first kappa shape index (κ1) is 13.9. The Labute approximate surface area is 112 Å². The summed E-state index contributed by atoms with van der Waals surface area (Å²) >= 11 is 0. The smallest absolute Gasteiger partial charge is 0.269 e. The van der Waals surface area contributed by atoms with E-state index in [4.69, 9.17) is 5.73 Å². The van der Waals surface area contributed by atoms with Crippen LogP contribution in [0.2, 0.25) is 0 Å². The second-order valence-electron chi connectivity index (χ2n) is 5.31. The highest BCUT2D eigenvalue weighted by atomic mass is 19.1. The molecule has 1 saturated carbocycles. The molecule has 0 aliphatic heterocycles. The molecule has 0 atom stereocenters. The summed E-state index contributed by atoms with van der Waals surface area (Å²) in [7, 11) is 0. The Morgan fingerprint density at radius 3 is 2.68 bits per heavy atom. The molecule has 0 aromatic carbocycles. The van der Waals surface area contributed by atoms with Crippen molar-refractivity contribution in [3.8, 4) is 0 Å². The van der Waals surface area contributed by atoms with E-state index in [1.807, 2.05) is 0 Å². The van der Waals surface area contributed by atoms with Gasteiger partial charge in [-0.25, -0.2) is 9.37 Å². The maximum Gasteiger partial charge on any atom is 0.269 e. The van der Waals surface area contributed by atoms with Crippen LogP contribution in [-0.2, 0) is 0 Å². The van der Waals surface area contributed by atoms with Gasteiger partial charge in [0.05, 0.1) is 6.20 Å². The van der Waals surface area contributed by atoms with E-state index in [1.165, 1.54) is 31.4 Å². The van der Waals surface area contributed by atoms with Crippen molar-refractivity contribution in [2.75, 3.05) is 13.1 Å². The zero-order valence-corrected chi connectivity index (χ0v) is 11.0. The Balaban J connectivity index is 1.93. The maximum absolute atomic E-state index is 12.7. The normalized spacial score (nSPS) is 18.0. The van der Waals surface area contributed by atoms with Crippen LogP contribution in [0.3, 0.4) is 0 Å². The zero-order chi connectivity index (χ0) is 13.7. The van der Waals surface area contributed by atoms with Crippen LogP contribution in [0.4, 0.5) is 4.39 Å². The number of hydrogen-bond acceptors (Lipinski definition) is 3. The van der Waals surface area contributed by atoms with Crippen molar-refractivity contribution < 1.29 is 9.18 Å². The van der Waals surface area contributed by atoms with Crippen LogP contribution in [0.15, 0.2) is 18.3 Å². The minimum Gasteiger partial charge on any atom is -0.350 e. The summed E-state index contributed by atoms with van der Waals surface area (Å²) in [4.78, 5) is 15.7. The van der Waals surface area contributed by atoms with Gasteiger partial charge in [0.25, 0.3) is 5.91 Å². The van der Waals surface area contributed by atoms with Gasteiger partial charge in [-0.2, -0.15) is 0 Å². The second-order valence-corrected chi connectivity index (χ2v) is 5.31. The molecule has 4 nitrogen and oxygen atoms in total. The van der Waals surface area contributed by atoms with Crippen molar-refractivity contribution in [1.29, 1.82) is 0 Å². The Morgan fingerprint density at radius 2 is 2.11 bits per heavy atom. The van der Waals surface area contributed by atoms with Crippen molar-refractivity contribution in [1.82, 2.24) is 10.3 Å². The number of amides is 1. The van der Waals surface area contributed by atoms with E-state index in [0.29, 0.717) is 13.1 Å². The fraction of sp³-hybridized carbons (Fsp3) is 0.571. The Kier molecular flexibility index (Phi) is 4.47. The lowest BCUT2D eigenvalue weighted by atomic mass is 9.74. The van der Waals surface area contributed by atoms with Crippen molar-refractivity contribution in [2.45, 2.75) is 32.1 Å². The predicted octanol–water partition coefficient (Wildman–Crippen LogP) is 1.86. The summed E-state index contributed by atoms with van der Waals surface area (Å²) in [6.07, 6.45) is 6.74. The average molecular weight is 265 g/mol. The number of rotatable bonds is 4. The highest BCUT2D eigenvalue weighted by Gasteiger charge is 2.31. The summed E-state index contributed by atoms with van der Waals surface area (Å²) in [6.45, 7) is 1.16. The largest absolute Gasteiger partial charge is 0.350 e. The van der Waals surface area contributed by atoms with Crippen LogP contribution < -0.4 is 11.1 Å². The van der Waals surface area contributed by atoms with Gasteiger partial charge in [0.15, 0.2) is 0 Å². The van der Waals surface area contributed by atoms with Gasteiger partial charge in [0.1, 0.15) is 11.5 Å². The van der Waals surface area contributed by atoms with Crippen LogP contribution in [0.1, 0.15) is 42.6 Å². The van der Waals surface area contributed by atoms with Gasteiger partial charge in [-0.3, -0.25) is 4.79 Å². The lowest BCUT2D eigenvalue weighted by Crippen LogP contribution is -2.43. The third-order valence-corrected chi connectivity index (χ3v) is 3.93. The second kappa shape index (κ2) is 6.10. The molecule has 0 spiro atoms. The Morgan fingerprint density at radius 1 is 1.37 bits per heavy atom. The highest BCUT2D eigenvalue weighted by molar-refractivity contribution is 5.92. The molecule has 5 heteroatoms. The Bertz CT molecular complexity index is 427. The highest BCUT2D eigenvalue weighted by Crippen LogP contribution is 2.34. The first-order valence-corrected chi connectivity index (χ1v) is 6.75. The summed E-state index contributed by atoms with van der Waals surface area (Å²) in [5.74, 6) is -0.708. The standard InChI is InChI=1S/C14H20FN3O/c15-11-4-5-12(17-8-11)13(19)18-10-14(9-16)6-2-1-3-7-14/h4-5,8H,1-3,6-7,9-10,16H2,(H,18,19). The molecule has 0 bridgehead atoms. The molecule has 3 N–H and O–H groups in total. The molecule has 19 heavy (non-hydrogen) atoms. The lowest BCUT2D eigenvalue weighted by molar-refractivity contribution is 0.0909. The molecule has 1 fully saturated rings. The summed E-state index contributed by atoms with van der Waals surface area (Å²) in [5, 5.41) is 2.88. The molecule has 1 aliphatic rings. The van der Waals surface area contributed by atoms with Gasteiger partial charge in [0, 0.05) is 6.54 Å². The minimum absolute atomic E-state index is 0.0218. The van der Waals surface area contributed by atoms with Crippen molar-refractivity contribution in [2.24, 2.45) is 11.1 Å². The van der Waals surface area contributed by atoms with E-state index in [0.717, 1.165) is 19.0 Å². The lowest BCUT2D eigenvalue weighted by Gasteiger charge is -2.36. The number of halogens is 1. The van der Waals surface area contributed by atoms with E-state index < -0.39 is 5.82 Å². The molecule has 0 unspecified atom stereocenters. The third kappa shape index (κ3) is 3.50. The number of carbonyl (C=O) groups excluding carboxylic acids is 1. The maximum atomic E-state index is 12.7.